The quantitative estimate of drug-likeness (QED) is 0.266. The molecule has 0 aliphatic carbocycles. The van der Waals surface area contributed by atoms with Crippen molar-refractivity contribution in [1.82, 2.24) is 9.55 Å². The number of hydrogen-bond acceptors (Lipinski definition) is 7. The normalized spacial score (nSPS) is 22.5. The molecule has 9 heteroatoms. The topological polar surface area (TPSA) is 131 Å². The van der Waals surface area contributed by atoms with Crippen molar-refractivity contribution < 1.29 is 24.5 Å². The summed E-state index contributed by atoms with van der Waals surface area (Å²) in [5.74, 6) is -0.489. The van der Waals surface area contributed by atoms with Gasteiger partial charge in [-0.1, -0.05) is 71.1 Å². The lowest BCUT2D eigenvalue weighted by Crippen LogP contribution is -2.41. The lowest BCUT2D eigenvalue weighted by atomic mass is 10.1. The standard InChI is InChI=1S/C24H40N2O7/c1-3-4-5-6-7-8-9-10-11-12-13-14-19(28)33-21-20(29)18(16-27)32-23(21)26-15-17(2)22(30)25-24(26)31/h15,18,20-21,23,27,29H,3-14,16H2,1-2H3,(H,25,30,31)/t18-,20-,21+,23-/m1/s1. The van der Waals surface area contributed by atoms with Crippen molar-refractivity contribution >= 4 is 5.97 Å². The molecule has 3 N–H and O–H groups in total. The number of nitrogens with one attached hydrogen (secondary N) is 1. The van der Waals surface area contributed by atoms with Crippen LogP contribution >= 0.6 is 0 Å². The Morgan fingerprint density at radius 3 is 2.21 bits per heavy atom. The molecular weight excluding hydrogens is 428 g/mol. The van der Waals surface area contributed by atoms with E-state index in [0.717, 1.165) is 23.8 Å². The van der Waals surface area contributed by atoms with Crippen LogP contribution in [0.25, 0.3) is 0 Å². The first kappa shape index (κ1) is 27.3. The molecule has 0 aromatic carbocycles. The highest BCUT2D eigenvalue weighted by Crippen LogP contribution is 2.31. The van der Waals surface area contributed by atoms with Gasteiger partial charge in [-0.2, -0.15) is 0 Å². The maximum atomic E-state index is 12.4. The van der Waals surface area contributed by atoms with Crippen LogP contribution in [0.15, 0.2) is 15.8 Å². The van der Waals surface area contributed by atoms with Gasteiger partial charge in [0, 0.05) is 18.2 Å². The summed E-state index contributed by atoms with van der Waals surface area (Å²) < 4.78 is 12.1. The van der Waals surface area contributed by atoms with E-state index < -0.39 is 48.4 Å². The molecule has 2 heterocycles. The van der Waals surface area contributed by atoms with Crippen molar-refractivity contribution in [2.24, 2.45) is 0 Å². The fraction of sp³-hybridized carbons (Fsp3) is 0.792. The van der Waals surface area contributed by atoms with Crippen LogP contribution in [0.4, 0.5) is 0 Å². The number of esters is 1. The fourth-order valence-corrected chi connectivity index (χ4v) is 4.14. The summed E-state index contributed by atoms with van der Waals surface area (Å²) in [7, 11) is 0. The molecule has 0 unspecified atom stereocenters. The zero-order valence-corrected chi connectivity index (χ0v) is 20.0. The summed E-state index contributed by atoms with van der Waals surface area (Å²) in [5, 5.41) is 19.9. The number of rotatable bonds is 15. The van der Waals surface area contributed by atoms with Gasteiger partial charge in [-0.3, -0.25) is 19.1 Å². The monoisotopic (exact) mass is 468 g/mol. The molecule has 188 valence electrons. The SMILES string of the molecule is CCCCCCCCCCCCCC(=O)O[C@H]1[C@H](O)[C@@H](CO)O[C@H]1n1cc(C)c(=O)[nH]c1=O. The molecule has 0 bridgehead atoms. The number of carbonyl (C=O) groups excluding carboxylic acids is 1. The molecule has 4 atom stereocenters. The Morgan fingerprint density at radius 1 is 1.06 bits per heavy atom. The van der Waals surface area contributed by atoms with Crippen molar-refractivity contribution in [2.75, 3.05) is 6.61 Å². The Balaban J connectivity index is 1.78. The lowest BCUT2D eigenvalue weighted by Gasteiger charge is -2.22. The maximum Gasteiger partial charge on any atom is 0.330 e. The van der Waals surface area contributed by atoms with Crippen LogP contribution in [-0.4, -0.2) is 50.7 Å². The summed E-state index contributed by atoms with van der Waals surface area (Å²) in [4.78, 5) is 38.4. The van der Waals surface area contributed by atoms with Crippen LogP contribution in [0.3, 0.4) is 0 Å². The lowest BCUT2D eigenvalue weighted by molar-refractivity contribution is -0.159. The van der Waals surface area contributed by atoms with E-state index in [0.29, 0.717) is 6.42 Å². The van der Waals surface area contributed by atoms with Crippen molar-refractivity contribution in [3.8, 4) is 0 Å². The van der Waals surface area contributed by atoms with Crippen LogP contribution in [0.2, 0.25) is 0 Å². The Hall–Kier alpha value is -1.97. The van der Waals surface area contributed by atoms with Gasteiger partial charge in [0.05, 0.1) is 6.61 Å². The van der Waals surface area contributed by atoms with E-state index in [1.165, 1.54) is 58.1 Å². The van der Waals surface area contributed by atoms with Crippen LogP contribution in [0, 0.1) is 6.92 Å². The van der Waals surface area contributed by atoms with E-state index in [9.17, 15) is 24.6 Å². The molecule has 2 rings (SSSR count). The number of aromatic nitrogens is 2. The number of ether oxygens (including phenoxy) is 2. The van der Waals surface area contributed by atoms with E-state index in [2.05, 4.69) is 11.9 Å². The minimum Gasteiger partial charge on any atom is -0.455 e. The van der Waals surface area contributed by atoms with Gasteiger partial charge in [-0.25, -0.2) is 4.79 Å². The molecule has 1 aromatic rings. The van der Waals surface area contributed by atoms with E-state index in [1.807, 2.05) is 0 Å². The molecule has 1 saturated heterocycles. The van der Waals surface area contributed by atoms with Gasteiger partial charge in [-0.15, -0.1) is 0 Å². The number of aliphatic hydroxyl groups excluding tert-OH is 2. The first-order valence-corrected chi connectivity index (χ1v) is 12.3. The van der Waals surface area contributed by atoms with Gasteiger partial charge < -0.3 is 19.7 Å². The van der Waals surface area contributed by atoms with Crippen molar-refractivity contribution in [1.29, 1.82) is 0 Å². The highest BCUT2D eigenvalue weighted by molar-refractivity contribution is 5.69. The molecule has 0 spiro atoms. The van der Waals surface area contributed by atoms with Gasteiger partial charge in [0.15, 0.2) is 12.3 Å². The van der Waals surface area contributed by atoms with Crippen LogP contribution in [0.1, 0.15) is 95.8 Å². The first-order valence-electron chi connectivity index (χ1n) is 12.3. The summed E-state index contributed by atoms with van der Waals surface area (Å²) in [6.07, 6.45) is 9.77. The maximum absolute atomic E-state index is 12.4. The third-order valence-corrected chi connectivity index (χ3v) is 6.16. The number of carbonyl (C=O) groups is 1. The molecule has 1 aliphatic heterocycles. The van der Waals surface area contributed by atoms with Crippen LogP contribution in [0.5, 0.6) is 0 Å². The average Bonchev–Trinajstić information content (AvgIpc) is 3.09. The zero-order chi connectivity index (χ0) is 24.2. The summed E-state index contributed by atoms with van der Waals surface area (Å²) in [6.45, 7) is 3.25. The fourth-order valence-electron chi connectivity index (χ4n) is 4.14. The molecule has 0 amide bonds. The number of H-pyrrole nitrogens is 1. The molecule has 33 heavy (non-hydrogen) atoms. The van der Waals surface area contributed by atoms with Crippen molar-refractivity contribution in [3.63, 3.8) is 0 Å². The number of hydrogen-bond donors (Lipinski definition) is 3. The van der Waals surface area contributed by atoms with Gasteiger partial charge in [-0.05, 0) is 13.3 Å². The number of aliphatic hydroxyl groups is 2. The molecule has 1 aromatic heterocycles. The van der Waals surface area contributed by atoms with Crippen molar-refractivity contribution in [2.45, 2.75) is 115 Å². The zero-order valence-electron chi connectivity index (χ0n) is 20.0. The number of aryl methyl sites for hydroxylation is 1. The molecule has 0 saturated carbocycles. The predicted octanol–water partition coefficient (Wildman–Crippen LogP) is 2.71. The van der Waals surface area contributed by atoms with Gasteiger partial charge in [0.1, 0.15) is 12.2 Å². The first-order chi connectivity index (χ1) is 15.9. The highest BCUT2D eigenvalue weighted by Gasteiger charge is 2.47. The average molecular weight is 469 g/mol. The Morgan fingerprint density at radius 2 is 1.64 bits per heavy atom. The van der Waals surface area contributed by atoms with Gasteiger partial charge >= 0.3 is 11.7 Å². The molecule has 0 radical (unpaired) electrons. The minimum absolute atomic E-state index is 0.205. The van der Waals surface area contributed by atoms with E-state index in [4.69, 9.17) is 9.47 Å². The Kier molecular flexibility index (Phi) is 11.8. The van der Waals surface area contributed by atoms with Crippen LogP contribution in [-0.2, 0) is 14.3 Å². The Labute approximate surface area is 195 Å². The summed E-state index contributed by atoms with van der Waals surface area (Å²) >= 11 is 0. The number of nitrogens with zero attached hydrogens (tertiary/aromatic N) is 1. The second-order valence-corrected chi connectivity index (χ2v) is 8.96. The highest BCUT2D eigenvalue weighted by atomic mass is 16.6. The van der Waals surface area contributed by atoms with Gasteiger partial charge in [0.25, 0.3) is 5.56 Å². The predicted molar refractivity (Wildman–Crippen MR) is 124 cm³/mol. The molecule has 9 nitrogen and oxygen atoms in total. The second-order valence-electron chi connectivity index (χ2n) is 8.96. The molecular formula is C24H40N2O7. The van der Waals surface area contributed by atoms with Gasteiger partial charge in [0.2, 0.25) is 0 Å². The molecule has 1 aliphatic rings. The van der Waals surface area contributed by atoms with Crippen molar-refractivity contribution in [3.05, 3.63) is 32.6 Å². The second kappa shape index (κ2) is 14.3. The minimum atomic E-state index is -1.29. The van der Waals surface area contributed by atoms with E-state index in [-0.39, 0.29) is 12.0 Å². The number of aromatic amines is 1. The van der Waals surface area contributed by atoms with Crippen LogP contribution < -0.4 is 11.2 Å². The summed E-state index contributed by atoms with van der Waals surface area (Å²) in [5.41, 5.74) is -1.00. The third kappa shape index (κ3) is 8.39. The number of unbranched alkanes of at least 4 members (excludes halogenated alkanes) is 10. The summed E-state index contributed by atoms with van der Waals surface area (Å²) in [6, 6.07) is 0. The van der Waals surface area contributed by atoms with E-state index in [1.54, 1.807) is 0 Å². The smallest absolute Gasteiger partial charge is 0.330 e. The Bertz CT molecular complexity index is 835. The molecule has 1 fully saturated rings. The largest absolute Gasteiger partial charge is 0.455 e. The third-order valence-electron chi connectivity index (χ3n) is 6.16. The van der Waals surface area contributed by atoms with E-state index >= 15 is 0 Å².